The summed E-state index contributed by atoms with van der Waals surface area (Å²) in [5, 5.41) is 16.3. The van der Waals surface area contributed by atoms with Crippen molar-refractivity contribution in [2.75, 3.05) is 0 Å². The molecule has 2 N–H and O–H groups in total. The normalized spacial score (nSPS) is 8.36. The molecule has 0 atom stereocenters. The van der Waals surface area contributed by atoms with Crippen LogP contribution in [0.3, 0.4) is 0 Å². The van der Waals surface area contributed by atoms with E-state index in [1.54, 1.807) is 0 Å². The first-order chi connectivity index (χ1) is 4.63. The van der Waals surface area contributed by atoms with E-state index in [4.69, 9.17) is 10.2 Å². The second kappa shape index (κ2) is 9.08. The predicted octanol–water partition coefficient (Wildman–Crippen LogP) is 0.335. The Labute approximate surface area is 124 Å². The molecule has 5 heteroatoms. The maximum atomic E-state index is 9.90. The minimum absolute atomic E-state index is 0. The van der Waals surface area contributed by atoms with Gasteiger partial charge in [-0.3, -0.25) is 9.59 Å². The van der Waals surface area contributed by atoms with Crippen molar-refractivity contribution in [3.8, 4) is 0 Å². The van der Waals surface area contributed by atoms with Gasteiger partial charge in [0.25, 0.3) is 0 Å². The topological polar surface area (TPSA) is 74.6 Å². The number of carbonyl (C=O) groups is 2. The molecule has 0 saturated carbocycles. The first kappa shape index (κ1) is 14.5. The molecule has 11 heavy (non-hydrogen) atoms. The molecular weight excluding hydrogens is 269 g/mol. The second-order valence-electron chi connectivity index (χ2n) is 1.99. The molecule has 0 bridgehead atoms. The third-order valence-electron chi connectivity index (χ3n) is 1.03. The molecule has 0 fully saturated rings. The smallest absolute Gasteiger partial charge is 0.303 e. The molecule has 0 saturated heterocycles. The Balaban J connectivity index is 0. The van der Waals surface area contributed by atoms with Crippen molar-refractivity contribution in [3.05, 3.63) is 0 Å². The number of aliphatic carboxylic acids is 2. The Morgan fingerprint density at radius 1 is 0.909 bits per heavy atom. The Morgan fingerprint density at radius 2 is 1.18 bits per heavy atom. The summed E-state index contributed by atoms with van der Waals surface area (Å²) >= 11 is 0. The first-order valence-electron chi connectivity index (χ1n) is 3.06. The van der Waals surface area contributed by atoms with Crippen LogP contribution >= 0.6 is 0 Å². The van der Waals surface area contributed by atoms with Gasteiger partial charge in [0.1, 0.15) is 0 Å². The molecule has 0 rings (SSSR count). The third kappa shape index (κ3) is 13.9. The van der Waals surface area contributed by atoms with Crippen LogP contribution in [0.15, 0.2) is 0 Å². The molecule has 0 aliphatic rings. The van der Waals surface area contributed by atoms with E-state index in [2.05, 4.69) is 0 Å². The molecule has 0 amide bonds. The molecule has 4 nitrogen and oxygen atoms in total. The molecule has 59 valence electrons. The Morgan fingerprint density at radius 3 is 1.36 bits per heavy atom. The maximum absolute atomic E-state index is 9.90. The number of hydrogen-bond donors (Lipinski definition) is 2. The van der Waals surface area contributed by atoms with Crippen molar-refractivity contribution in [2.24, 2.45) is 0 Å². The SMILES string of the molecule is O=C(O)CCCCC(=O)O.[Cs]. The van der Waals surface area contributed by atoms with Crippen LogP contribution in [0, 0.1) is 0 Å². The fourth-order valence-electron chi connectivity index (χ4n) is 0.552. The van der Waals surface area contributed by atoms with E-state index in [0.717, 1.165) is 0 Å². The largest absolute Gasteiger partial charge is 0.481 e. The van der Waals surface area contributed by atoms with Gasteiger partial charge in [0, 0.05) is 81.7 Å². The van der Waals surface area contributed by atoms with E-state index in [-0.39, 0.29) is 81.7 Å². The standard InChI is InChI=1S/C6H10O4.Cs/c7-5(8)3-1-2-4-6(9)10;/h1-4H2,(H,7,8)(H,9,10);. The second-order valence-corrected chi connectivity index (χ2v) is 1.99. The van der Waals surface area contributed by atoms with Crippen LogP contribution in [0.5, 0.6) is 0 Å². The van der Waals surface area contributed by atoms with Gasteiger partial charge in [-0.15, -0.1) is 0 Å². The molecule has 0 heterocycles. The minimum Gasteiger partial charge on any atom is -0.481 e. The zero-order valence-electron chi connectivity index (χ0n) is 6.54. The van der Waals surface area contributed by atoms with Gasteiger partial charge in [-0.05, 0) is 12.8 Å². The van der Waals surface area contributed by atoms with Gasteiger partial charge in [-0.2, -0.15) is 0 Å². The monoisotopic (exact) mass is 279 g/mol. The van der Waals surface area contributed by atoms with Gasteiger partial charge >= 0.3 is 11.9 Å². The summed E-state index contributed by atoms with van der Waals surface area (Å²) in [6.45, 7) is 0. The van der Waals surface area contributed by atoms with E-state index in [1.165, 1.54) is 0 Å². The quantitative estimate of drug-likeness (QED) is 0.711. The molecule has 0 aromatic heterocycles. The molecular formula is C6H10CsO4. The average Bonchev–Trinajstić information content (AvgIpc) is 1.79. The van der Waals surface area contributed by atoms with Gasteiger partial charge in [0.15, 0.2) is 0 Å². The van der Waals surface area contributed by atoms with Crippen LogP contribution in [0.25, 0.3) is 0 Å². The zero-order chi connectivity index (χ0) is 7.98. The van der Waals surface area contributed by atoms with Crippen molar-refractivity contribution in [1.29, 1.82) is 0 Å². The van der Waals surface area contributed by atoms with E-state index < -0.39 is 11.9 Å². The first-order valence-corrected chi connectivity index (χ1v) is 3.06. The summed E-state index contributed by atoms with van der Waals surface area (Å²) in [6, 6.07) is 0. The summed E-state index contributed by atoms with van der Waals surface area (Å²) in [7, 11) is 0. The van der Waals surface area contributed by atoms with Gasteiger partial charge in [-0.25, -0.2) is 0 Å². The molecule has 0 spiro atoms. The third-order valence-corrected chi connectivity index (χ3v) is 1.03. The zero-order valence-corrected chi connectivity index (χ0v) is 12.8. The van der Waals surface area contributed by atoms with Crippen LogP contribution in [0.4, 0.5) is 0 Å². The van der Waals surface area contributed by atoms with Crippen molar-refractivity contribution in [1.82, 2.24) is 0 Å². The molecule has 0 unspecified atom stereocenters. The van der Waals surface area contributed by atoms with E-state index in [0.29, 0.717) is 12.8 Å². The van der Waals surface area contributed by atoms with Crippen molar-refractivity contribution < 1.29 is 19.8 Å². The van der Waals surface area contributed by atoms with E-state index in [1.807, 2.05) is 0 Å². The maximum Gasteiger partial charge on any atom is 0.303 e. The fraction of sp³-hybridized carbons (Fsp3) is 0.667. The summed E-state index contributed by atoms with van der Waals surface area (Å²) < 4.78 is 0. The molecule has 1 radical (unpaired) electrons. The Kier molecular flexibility index (Phi) is 12.0. The van der Waals surface area contributed by atoms with Crippen molar-refractivity contribution in [2.45, 2.75) is 25.7 Å². The number of unbranched alkanes of at least 4 members (excludes halogenated alkanes) is 1. The van der Waals surface area contributed by atoms with Crippen LogP contribution in [0.1, 0.15) is 25.7 Å². The number of rotatable bonds is 5. The molecule has 0 aromatic rings. The molecule has 0 aromatic carbocycles. The Bertz CT molecular complexity index is 119. The number of carboxylic acid groups (broad SMARTS) is 2. The average molecular weight is 279 g/mol. The summed E-state index contributed by atoms with van der Waals surface area (Å²) in [4.78, 5) is 19.8. The predicted molar refractivity (Wildman–Crippen MR) is 39.5 cm³/mol. The van der Waals surface area contributed by atoms with Crippen molar-refractivity contribution in [3.63, 3.8) is 0 Å². The van der Waals surface area contributed by atoms with Gasteiger partial charge in [-0.1, -0.05) is 0 Å². The number of hydrogen-bond acceptors (Lipinski definition) is 2. The summed E-state index contributed by atoms with van der Waals surface area (Å²) in [5.74, 6) is -1.74. The summed E-state index contributed by atoms with van der Waals surface area (Å²) in [6.07, 6.45) is 1.02. The van der Waals surface area contributed by atoms with E-state index in [9.17, 15) is 9.59 Å². The number of carboxylic acids is 2. The van der Waals surface area contributed by atoms with E-state index >= 15 is 0 Å². The van der Waals surface area contributed by atoms with Crippen LogP contribution < -0.4 is 0 Å². The fourth-order valence-corrected chi connectivity index (χ4v) is 0.552. The van der Waals surface area contributed by atoms with Crippen LogP contribution in [-0.2, 0) is 9.59 Å². The summed E-state index contributed by atoms with van der Waals surface area (Å²) in [5.41, 5.74) is 0. The van der Waals surface area contributed by atoms with Crippen LogP contribution in [-0.4, -0.2) is 91.0 Å². The molecule has 0 aliphatic heterocycles. The van der Waals surface area contributed by atoms with Gasteiger partial charge in [0.2, 0.25) is 0 Å². The minimum atomic E-state index is -0.870. The van der Waals surface area contributed by atoms with Gasteiger partial charge in [0.05, 0.1) is 0 Å². The van der Waals surface area contributed by atoms with Crippen molar-refractivity contribution >= 4 is 80.8 Å². The van der Waals surface area contributed by atoms with Gasteiger partial charge < -0.3 is 10.2 Å². The molecule has 0 aliphatic carbocycles. The Hall–Kier alpha value is 0.992. The van der Waals surface area contributed by atoms with Crippen LogP contribution in [0.2, 0.25) is 0 Å².